The van der Waals surface area contributed by atoms with Crippen molar-refractivity contribution in [3.63, 3.8) is 0 Å². The van der Waals surface area contributed by atoms with Crippen molar-refractivity contribution in [2.24, 2.45) is 4.99 Å². The number of nitrogens with one attached hydrogen (secondary N) is 3. The zero-order valence-corrected chi connectivity index (χ0v) is 16.3. The van der Waals surface area contributed by atoms with Gasteiger partial charge >= 0.3 is 6.03 Å². The molecule has 1 saturated carbocycles. The van der Waals surface area contributed by atoms with E-state index in [1.54, 1.807) is 13.3 Å². The van der Waals surface area contributed by atoms with Gasteiger partial charge in [-0.3, -0.25) is 4.99 Å². The molecule has 2 fully saturated rings. The monoisotopic (exact) mass is 447 g/mol. The molecule has 1 aromatic heterocycles. The van der Waals surface area contributed by atoms with E-state index in [1.165, 1.54) is 0 Å². The second kappa shape index (κ2) is 9.14. The van der Waals surface area contributed by atoms with Gasteiger partial charge in [-0.2, -0.15) is 0 Å². The molecule has 0 spiro atoms. The highest BCUT2D eigenvalue weighted by molar-refractivity contribution is 14.0. The number of rotatable bonds is 5. The van der Waals surface area contributed by atoms with Gasteiger partial charge in [-0.15, -0.1) is 24.0 Å². The van der Waals surface area contributed by atoms with Gasteiger partial charge in [0, 0.05) is 45.2 Å². The van der Waals surface area contributed by atoms with E-state index in [4.69, 9.17) is 4.42 Å². The number of nitrogens with zero attached hydrogens (tertiary/aromatic N) is 2. The van der Waals surface area contributed by atoms with Gasteiger partial charge in [-0.05, 0) is 31.4 Å². The quantitative estimate of drug-likeness (QED) is 0.364. The first-order valence-electron chi connectivity index (χ1n) is 8.29. The lowest BCUT2D eigenvalue weighted by Crippen LogP contribution is -2.46. The number of urea groups is 1. The van der Waals surface area contributed by atoms with Gasteiger partial charge in [-0.1, -0.05) is 0 Å². The van der Waals surface area contributed by atoms with Crippen molar-refractivity contribution in [3.05, 3.63) is 24.2 Å². The van der Waals surface area contributed by atoms with Crippen molar-refractivity contribution >= 4 is 36.0 Å². The molecular formula is C16H26IN5O2. The maximum atomic E-state index is 11.8. The van der Waals surface area contributed by atoms with Gasteiger partial charge in [0.2, 0.25) is 0 Å². The number of guanidine groups is 1. The molecule has 1 aliphatic carbocycles. The zero-order chi connectivity index (χ0) is 16.1. The average Bonchev–Trinajstić information content (AvgIpc) is 3.02. The summed E-state index contributed by atoms with van der Waals surface area (Å²) < 4.78 is 5.32. The fourth-order valence-electron chi connectivity index (χ4n) is 2.80. The van der Waals surface area contributed by atoms with Crippen molar-refractivity contribution in [1.82, 2.24) is 20.9 Å². The number of carbonyl (C=O) groups is 1. The molecule has 2 amide bonds. The Hall–Kier alpha value is -1.45. The predicted molar refractivity (Wildman–Crippen MR) is 104 cm³/mol. The molecule has 3 rings (SSSR count). The van der Waals surface area contributed by atoms with E-state index in [-0.39, 0.29) is 36.0 Å². The van der Waals surface area contributed by atoms with Crippen LogP contribution in [0.25, 0.3) is 0 Å². The zero-order valence-electron chi connectivity index (χ0n) is 14.0. The lowest BCUT2D eigenvalue weighted by molar-refractivity contribution is 0.237. The Balaban J connectivity index is 0.00000208. The summed E-state index contributed by atoms with van der Waals surface area (Å²) in [5.74, 6) is 1.84. The van der Waals surface area contributed by atoms with E-state index in [0.29, 0.717) is 6.04 Å². The minimum atomic E-state index is -0.0416. The average molecular weight is 447 g/mol. The minimum absolute atomic E-state index is 0. The van der Waals surface area contributed by atoms with Crippen molar-refractivity contribution < 1.29 is 9.21 Å². The largest absolute Gasteiger partial charge is 0.469 e. The molecule has 1 unspecified atom stereocenters. The Morgan fingerprint density at radius 3 is 2.79 bits per heavy atom. The number of aliphatic imine (C=N–C) groups is 1. The van der Waals surface area contributed by atoms with Crippen LogP contribution in [-0.4, -0.2) is 55.7 Å². The number of furan rings is 1. The Labute approximate surface area is 159 Å². The lowest BCUT2D eigenvalue weighted by Gasteiger charge is -2.21. The summed E-state index contributed by atoms with van der Waals surface area (Å²) in [5.41, 5.74) is 0. The van der Waals surface area contributed by atoms with E-state index >= 15 is 0 Å². The normalized spacial score (nSPS) is 20.5. The molecule has 1 aromatic rings. The van der Waals surface area contributed by atoms with Gasteiger partial charge in [0.1, 0.15) is 5.76 Å². The molecule has 8 heteroatoms. The molecule has 0 radical (unpaired) electrons. The van der Waals surface area contributed by atoms with Crippen molar-refractivity contribution in [3.8, 4) is 0 Å². The van der Waals surface area contributed by atoms with Crippen LogP contribution in [0.2, 0.25) is 0 Å². The van der Waals surface area contributed by atoms with Crippen LogP contribution in [0, 0.1) is 0 Å². The SMILES string of the molecule is CN=C(NCCc1ccco1)N1CCC(NC(=O)NC2CC2)C1.I. The van der Waals surface area contributed by atoms with Gasteiger partial charge in [0.15, 0.2) is 5.96 Å². The number of likely N-dealkylation sites (tertiary alicyclic amines) is 1. The fourth-order valence-corrected chi connectivity index (χ4v) is 2.80. The number of halogens is 1. The predicted octanol–water partition coefficient (Wildman–Crippen LogP) is 1.55. The third kappa shape index (κ3) is 5.57. The number of hydrogen-bond donors (Lipinski definition) is 3. The van der Waals surface area contributed by atoms with E-state index in [2.05, 4.69) is 25.8 Å². The van der Waals surface area contributed by atoms with E-state index in [9.17, 15) is 4.79 Å². The highest BCUT2D eigenvalue weighted by Crippen LogP contribution is 2.18. The van der Waals surface area contributed by atoms with Gasteiger partial charge in [0.25, 0.3) is 0 Å². The molecule has 1 saturated heterocycles. The summed E-state index contributed by atoms with van der Waals surface area (Å²) >= 11 is 0. The number of amides is 2. The third-order valence-corrected chi connectivity index (χ3v) is 4.18. The van der Waals surface area contributed by atoms with E-state index in [1.807, 2.05) is 12.1 Å². The Morgan fingerprint density at radius 1 is 1.33 bits per heavy atom. The van der Waals surface area contributed by atoms with Crippen molar-refractivity contribution in [2.45, 2.75) is 37.8 Å². The van der Waals surface area contributed by atoms with Crippen LogP contribution in [0.15, 0.2) is 27.8 Å². The highest BCUT2D eigenvalue weighted by atomic mass is 127. The van der Waals surface area contributed by atoms with Crippen LogP contribution >= 0.6 is 24.0 Å². The highest BCUT2D eigenvalue weighted by Gasteiger charge is 2.28. The Bertz CT molecular complexity index is 545. The van der Waals surface area contributed by atoms with Crippen molar-refractivity contribution in [1.29, 1.82) is 0 Å². The Kier molecular flexibility index (Phi) is 7.19. The van der Waals surface area contributed by atoms with Crippen LogP contribution in [-0.2, 0) is 6.42 Å². The molecule has 0 bridgehead atoms. The fraction of sp³-hybridized carbons (Fsp3) is 0.625. The first-order valence-corrected chi connectivity index (χ1v) is 8.29. The summed E-state index contributed by atoms with van der Waals surface area (Å²) in [7, 11) is 1.79. The summed E-state index contributed by atoms with van der Waals surface area (Å²) in [5, 5.41) is 9.37. The second-order valence-electron chi connectivity index (χ2n) is 6.13. The van der Waals surface area contributed by atoms with Crippen molar-refractivity contribution in [2.75, 3.05) is 26.7 Å². The molecular weight excluding hydrogens is 421 g/mol. The van der Waals surface area contributed by atoms with Crippen LogP contribution in [0.4, 0.5) is 4.79 Å². The van der Waals surface area contributed by atoms with Crippen LogP contribution in [0.1, 0.15) is 25.0 Å². The molecule has 134 valence electrons. The summed E-state index contributed by atoms with van der Waals surface area (Å²) in [6.07, 6.45) is 5.67. The summed E-state index contributed by atoms with van der Waals surface area (Å²) in [4.78, 5) is 18.3. The van der Waals surface area contributed by atoms with Crippen LogP contribution in [0.5, 0.6) is 0 Å². The maximum absolute atomic E-state index is 11.8. The molecule has 2 aliphatic rings. The second-order valence-corrected chi connectivity index (χ2v) is 6.13. The lowest BCUT2D eigenvalue weighted by atomic mass is 10.3. The topological polar surface area (TPSA) is 81.9 Å². The van der Waals surface area contributed by atoms with E-state index in [0.717, 1.165) is 57.0 Å². The van der Waals surface area contributed by atoms with Crippen LogP contribution < -0.4 is 16.0 Å². The molecule has 0 aromatic carbocycles. The molecule has 2 heterocycles. The molecule has 3 N–H and O–H groups in total. The first kappa shape index (κ1) is 18.9. The number of hydrogen-bond acceptors (Lipinski definition) is 3. The molecule has 1 atom stereocenters. The third-order valence-electron chi connectivity index (χ3n) is 4.18. The van der Waals surface area contributed by atoms with Crippen LogP contribution in [0.3, 0.4) is 0 Å². The van der Waals surface area contributed by atoms with E-state index < -0.39 is 0 Å². The maximum Gasteiger partial charge on any atom is 0.315 e. The van der Waals surface area contributed by atoms with Gasteiger partial charge in [-0.25, -0.2) is 4.79 Å². The smallest absolute Gasteiger partial charge is 0.315 e. The standard InChI is InChI=1S/C16H25N5O2.HI/c1-17-15(18-8-6-14-3-2-10-23-14)21-9-7-13(11-21)20-16(22)19-12-4-5-12;/h2-3,10,12-13H,4-9,11H2,1H3,(H,17,18)(H2,19,20,22);1H. The Morgan fingerprint density at radius 2 is 2.12 bits per heavy atom. The van der Waals surface area contributed by atoms with Gasteiger partial charge < -0.3 is 25.3 Å². The molecule has 24 heavy (non-hydrogen) atoms. The summed E-state index contributed by atoms with van der Waals surface area (Å²) in [6.45, 7) is 2.46. The first-order chi connectivity index (χ1) is 11.2. The minimum Gasteiger partial charge on any atom is -0.469 e. The van der Waals surface area contributed by atoms with Gasteiger partial charge in [0.05, 0.1) is 6.26 Å². The molecule has 7 nitrogen and oxygen atoms in total. The molecule has 1 aliphatic heterocycles. The number of carbonyl (C=O) groups excluding carboxylic acids is 1. The summed E-state index contributed by atoms with van der Waals surface area (Å²) in [6, 6.07) is 4.40.